The second-order valence-electron chi connectivity index (χ2n) is 7.35. The van der Waals surface area contributed by atoms with Crippen molar-refractivity contribution in [2.45, 2.75) is 51.4 Å². The molecule has 2 aromatic rings. The molecule has 2 aliphatic rings. The average molecular weight is 357 g/mol. The molecule has 1 aromatic heterocycles. The molecule has 0 N–H and O–H groups in total. The van der Waals surface area contributed by atoms with Crippen molar-refractivity contribution in [1.29, 1.82) is 0 Å². The number of hydrogen-bond acceptors (Lipinski definition) is 6. The first-order chi connectivity index (χ1) is 12.8. The zero-order chi connectivity index (χ0) is 17.8. The van der Waals surface area contributed by atoms with E-state index in [4.69, 9.17) is 14.0 Å². The van der Waals surface area contributed by atoms with Crippen molar-refractivity contribution in [3.63, 3.8) is 0 Å². The third-order valence-corrected chi connectivity index (χ3v) is 5.07. The second kappa shape index (κ2) is 8.29. The van der Waals surface area contributed by atoms with Crippen molar-refractivity contribution in [1.82, 2.24) is 15.0 Å². The van der Waals surface area contributed by atoms with Crippen molar-refractivity contribution >= 4 is 0 Å². The largest absolute Gasteiger partial charge is 0.377 e. The zero-order valence-corrected chi connectivity index (χ0v) is 15.4. The van der Waals surface area contributed by atoms with Gasteiger partial charge in [0.2, 0.25) is 0 Å². The summed E-state index contributed by atoms with van der Waals surface area (Å²) >= 11 is 0. The third-order valence-electron chi connectivity index (χ3n) is 5.07. The lowest BCUT2D eigenvalue weighted by Crippen LogP contribution is -2.37. The van der Waals surface area contributed by atoms with Crippen LogP contribution in [0.15, 0.2) is 28.8 Å². The molecule has 0 unspecified atom stereocenters. The summed E-state index contributed by atoms with van der Waals surface area (Å²) in [5.74, 6) is 1.30. The minimum Gasteiger partial charge on any atom is -0.377 e. The highest BCUT2D eigenvalue weighted by Crippen LogP contribution is 2.21. The molecule has 0 amide bonds. The van der Waals surface area contributed by atoms with Gasteiger partial charge in [-0.25, -0.2) is 0 Å². The first kappa shape index (κ1) is 17.6. The van der Waals surface area contributed by atoms with Crippen LogP contribution in [0.3, 0.4) is 0 Å². The highest BCUT2D eigenvalue weighted by molar-refractivity contribution is 5.53. The van der Waals surface area contributed by atoms with Gasteiger partial charge in [0.15, 0.2) is 5.82 Å². The monoisotopic (exact) mass is 357 g/mol. The molecule has 1 aromatic carbocycles. The van der Waals surface area contributed by atoms with Crippen LogP contribution < -0.4 is 0 Å². The Bertz CT molecular complexity index is 688. The molecule has 0 spiro atoms. The molecule has 6 heteroatoms. The molecular weight excluding hydrogens is 330 g/mol. The zero-order valence-electron chi connectivity index (χ0n) is 15.4. The van der Waals surface area contributed by atoms with E-state index in [0.717, 1.165) is 63.4 Å². The quantitative estimate of drug-likeness (QED) is 0.758. The lowest BCUT2D eigenvalue weighted by atomic mass is 10.1. The van der Waals surface area contributed by atoms with Gasteiger partial charge in [0.25, 0.3) is 5.89 Å². The summed E-state index contributed by atoms with van der Waals surface area (Å²) in [7, 11) is 0. The molecule has 0 bridgehead atoms. The molecule has 2 atom stereocenters. The van der Waals surface area contributed by atoms with E-state index in [9.17, 15) is 0 Å². The number of aromatic nitrogens is 2. The van der Waals surface area contributed by atoms with Gasteiger partial charge in [-0.1, -0.05) is 22.9 Å². The van der Waals surface area contributed by atoms with E-state index in [0.29, 0.717) is 24.6 Å². The van der Waals surface area contributed by atoms with Crippen LogP contribution in [0.2, 0.25) is 0 Å². The van der Waals surface area contributed by atoms with Gasteiger partial charge in [-0.05, 0) is 44.7 Å². The molecular formula is C20H27N3O3. The fourth-order valence-electron chi connectivity index (χ4n) is 3.77. The van der Waals surface area contributed by atoms with Gasteiger partial charge in [-0.3, -0.25) is 4.90 Å². The highest BCUT2D eigenvalue weighted by atomic mass is 16.5. The van der Waals surface area contributed by atoms with Gasteiger partial charge in [0.1, 0.15) is 0 Å². The molecule has 0 aliphatic carbocycles. The smallest absolute Gasteiger partial charge is 0.257 e. The number of aryl methyl sites for hydroxylation is 1. The summed E-state index contributed by atoms with van der Waals surface area (Å²) in [4.78, 5) is 6.97. The Morgan fingerprint density at radius 2 is 1.81 bits per heavy atom. The molecule has 3 heterocycles. The SMILES string of the molecule is Cc1cccc(-c2nc(CN(C[C@H]3CCCO3)C[C@H]3CCCO3)no2)c1. The predicted molar refractivity (Wildman–Crippen MR) is 97.7 cm³/mol. The molecule has 26 heavy (non-hydrogen) atoms. The van der Waals surface area contributed by atoms with Gasteiger partial charge < -0.3 is 14.0 Å². The summed E-state index contributed by atoms with van der Waals surface area (Å²) in [5, 5.41) is 4.20. The lowest BCUT2D eigenvalue weighted by molar-refractivity contribution is 0.0334. The van der Waals surface area contributed by atoms with E-state index >= 15 is 0 Å². The Balaban J connectivity index is 1.44. The normalized spacial score (nSPS) is 23.2. The van der Waals surface area contributed by atoms with E-state index in [1.165, 1.54) is 5.56 Å². The van der Waals surface area contributed by atoms with Crippen molar-refractivity contribution in [2.75, 3.05) is 26.3 Å². The molecule has 140 valence electrons. The minimum atomic E-state index is 0.305. The Labute approximate surface area is 154 Å². The van der Waals surface area contributed by atoms with E-state index < -0.39 is 0 Å². The fourth-order valence-corrected chi connectivity index (χ4v) is 3.77. The van der Waals surface area contributed by atoms with E-state index in [2.05, 4.69) is 34.1 Å². The van der Waals surface area contributed by atoms with Crippen LogP contribution in [-0.4, -0.2) is 53.6 Å². The van der Waals surface area contributed by atoms with Crippen LogP contribution in [0.5, 0.6) is 0 Å². The van der Waals surface area contributed by atoms with Crippen molar-refractivity contribution in [3.8, 4) is 11.5 Å². The summed E-state index contributed by atoms with van der Waals surface area (Å²) in [6.45, 7) is 6.26. The Kier molecular flexibility index (Phi) is 5.62. The highest BCUT2D eigenvalue weighted by Gasteiger charge is 2.25. The van der Waals surface area contributed by atoms with Crippen LogP contribution in [0.25, 0.3) is 11.5 Å². The molecule has 2 fully saturated rings. The Morgan fingerprint density at radius 1 is 1.08 bits per heavy atom. The van der Waals surface area contributed by atoms with Crippen LogP contribution >= 0.6 is 0 Å². The summed E-state index contributed by atoms with van der Waals surface area (Å²) in [6, 6.07) is 8.13. The van der Waals surface area contributed by atoms with E-state index in [1.807, 2.05) is 12.1 Å². The van der Waals surface area contributed by atoms with Crippen molar-refractivity contribution in [2.24, 2.45) is 0 Å². The average Bonchev–Trinajstić information content (AvgIpc) is 3.37. The number of ether oxygens (including phenoxy) is 2. The first-order valence-corrected chi connectivity index (χ1v) is 9.61. The van der Waals surface area contributed by atoms with E-state index in [1.54, 1.807) is 0 Å². The van der Waals surface area contributed by atoms with Crippen LogP contribution in [0, 0.1) is 6.92 Å². The van der Waals surface area contributed by atoms with Gasteiger partial charge in [0, 0.05) is 31.9 Å². The van der Waals surface area contributed by atoms with Crippen molar-refractivity contribution in [3.05, 3.63) is 35.7 Å². The summed E-state index contributed by atoms with van der Waals surface area (Å²) in [5.41, 5.74) is 2.15. The summed E-state index contributed by atoms with van der Waals surface area (Å²) in [6.07, 6.45) is 5.17. The number of nitrogens with zero attached hydrogens (tertiary/aromatic N) is 3. The molecule has 2 aliphatic heterocycles. The number of benzene rings is 1. The summed E-state index contributed by atoms with van der Waals surface area (Å²) < 4.78 is 17.1. The van der Waals surface area contributed by atoms with Crippen LogP contribution in [0.1, 0.15) is 37.1 Å². The molecule has 6 nitrogen and oxygen atoms in total. The molecule has 2 saturated heterocycles. The van der Waals surface area contributed by atoms with Crippen molar-refractivity contribution < 1.29 is 14.0 Å². The van der Waals surface area contributed by atoms with Gasteiger partial charge in [0.05, 0.1) is 18.8 Å². The Hall–Kier alpha value is -1.76. The van der Waals surface area contributed by atoms with E-state index in [-0.39, 0.29) is 0 Å². The maximum atomic E-state index is 5.83. The minimum absolute atomic E-state index is 0.305. The topological polar surface area (TPSA) is 60.6 Å². The fraction of sp³-hybridized carbons (Fsp3) is 0.600. The van der Waals surface area contributed by atoms with Crippen LogP contribution in [0.4, 0.5) is 0 Å². The first-order valence-electron chi connectivity index (χ1n) is 9.61. The Morgan fingerprint density at radius 3 is 2.42 bits per heavy atom. The van der Waals surface area contributed by atoms with Gasteiger partial charge in [-0.2, -0.15) is 4.98 Å². The molecule has 4 rings (SSSR count). The number of hydrogen-bond donors (Lipinski definition) is 0. The predicted octanol–water partition coefficient (Wildman–Crippen LogP) is 3.21. The van der Waals surface area contributed by atoms with Gasteiger partial charge >= 0.3 is 0 Å². The third kappa shape index (κ3) is 4.50. The number of rotatable bonds is 7. The lowest BCUT2D eigenvalue weighted by Gasteiger charge is -2.26. The second-order valence-corrected chi connectivity index (χ2v) is 7.35. The molecule has 0 radical (unpaired) electrons. The molecule has 0 saturated carbocycles. The maximum Gasteiger partial charge on any atom is 0.257 e. The maximum absolute atomic E-state index is 5.83. The van der Waals surface area contributed by atoms with Crippen LogP contribution in [-0.2, 0) is 16.0 Å². The standard InChI is InChI=1S/C20H27N3O3/c1-15-5-2-6-16(11-15)20-21-19(22-26-20)14-23(12-17-7-3-9-24-17)13-18-8-4-10-25-18/h2,5-6,11,17-18H,3-4,7-10,12-14H2,1H3/t17-,18-/m1/s1. The van der Waals surface area contributed by atoms with Gasteiger partial charge in [-0.15, -0.1) is 0 Å².